The normalized spacial score (nSPS) is 12.9. The zero-order valence-electron chi connectivity index (χ0n) is 8.74. The van der Waals surface area contributed by atoms with Crippen molar-refractivity contribution in [3.63, 3.8) is 0 Å². The molecule has 0 aliphatic heterocycles. The molecular weight excluding hydrogens is 251 g/mol. The van der Waals surface area contributed by atoms with E-state index in [0.717, 1.165) is 11.8 Å². The molecule has 0 saturated heterocycles. The summed E-state index contributed by atoms with van der Waals surface area (Å²) < 4.78 is 59.9. The fourth-order valence-corrected chi connectivity index (χ4v) is 1.62. The van der Waals surface area contributed by atoms with Crippen molar-refractivity contribution in [2.45, 2.75) is 44.7 Å². The Balaban J connectivity index is 3.63. The number of carbonyl (C=O) groups excluding carboxylic acids is 1. The molecule has 1 nitrogen and oxygen atoms in total. The Morgan fingerprint density at radius 2 is 1.62 bits per heavy atom. The molecule has 0 aromatic carbocycles. The number of rotatable bonds is 6. The van der Waals surface area contributed by atoms with Crippen LogP contribution < -0.4 is 0 Å². The van der Waals surface area contributed by atoms with E-state index in [2.05, 4.69) is 0 Å². The molecule has 96 valence electrons. The van der Waals surface area contributed by atoms with Gasteiger partial charge in [0.2, 0.25) is 0 Å². The van der Waals surface area contributed by atoms with Gasteiger partial charge in [0, 0.05) is 19.1 Å². The highest BCUT2D eigenvalue weighted by Gasteiger charge is 2.56. The third kappa shape index (κ3) is 6.30. The molecule has 0 aromatic rings. The van der Waals surface area contributed by atoms with Crippen LogP contribution in [-0.2, 0) is 4.79 Å². The van der Waals surface area contributed by atoms with Gasteiger partial charge in [-0.3, -0.25) is 4.79 Å². The molecule has 16 heavy (non-hydrogen) atoms. The van der Waals surface area contributed by atoms with Gasteiger partial charge in [-0.05, 0) is 12.8 Å². The maximum atomic E-state index is 12.4. The Bertz CT molecular complexity index is 226. The highest BCUT2D eigenvalue weighted by molar-refractivity contribution is 8.13. The topological polar surface area (TPSA) is 17.1 Å². The number of alkyl halides is 5. The summed E-state index contributed by atoms with van der Waals surface area (Å²) in [6.45, 7) is 1.38. The number of thioether (sulfide) groups is 1. The number of carbonyl (C=O) groups is 1. The van der Waals surface area contributed by atoms with Crippen LogP contribution in [-0.4, -0.2) is 23.0 Å². The summed E-state index contributed by atoms with van der Waals surface area (Å²) in [6, 6.07) is 0. The standard InChI is InChI=1S/C9H13F5OS/c1-7(15)16-6-4-2-3-5-8(10,11)9(12,13)14/h2-6H2,1H3. The summed E-state index contributed by atoms with van der Waals surface area (Å²) in [5.41, 5.74) is 0. The third-order valence-corrected chi connectivity index (χ3v) is 2.75. The zero-order chi connectivity index (χ0) is 12.8. The van der Waals surface area contributed by atoms with Gasteiger partial charge in [0.25, 0.3) is 0 Å². The second kappa shape index (κ2) is 6.42. The molecule has 0 bridgehead atoms. The molecule has 0 spiro atoms. The lowest BCUT2D eigenvalue weighted by Gasteiger charge is -2.19. The van der Waals surface area contributed by atoms with Gasteiger partial charge in [-0.25, -0.2) is 0 Å². The minimum absolute atomic E-state index is 0.0828. The van der Waals surface area contributed by atoms with E-state index in [-0.39, 0.29) is 18.0 Å². The van der Waals surface area contributed by atoms with Gasteiger partial charge < -0.3 is 0 Å². The Labute approximate surface area is 94.8 Å². The van der Waals surface area contributed by atoms with Crippen LogP contribution in [0.15, 0.2) is 0 Å². The van der Waals surface area contributed by atoms with E-state index in [1.807, 2.05) is 0 Å². The van der Waals surface area contributed by atoms with Crippen molar-refractivity contribution in [1.29, 1.82) is 0 Å². The molecule has 0 N–H and O–H groups in total. The molecule has 0 rings (SSSR count). The van der Waals surface area contributed by atoms with Crippen LogP contribution >= 0.6 is 11.8 Å². The lowest BCUT2D eigenvalue weighted by Crippen LogP contribution is -2.36. The van der Waals surface area contributed by atoms with Gasteiger partial charge >= 0.3 is 12.1 Å². The molecule has 0 aromatic heterocycles. The largest absolute Gasteiger partial charge is 0.453 e. The molecule has 0 aliphatic carbocycles. The Morgan fingerprint density at radius 1 is 1.06 bits per heavy atom. The first-order chi connectivity index (χ1) is 7.17. The van der Waals surface area contributed by atoms with Crippen molar-refractivity contribution in [2.75, 3.05) is 5.75 Å². The molecule has 0 unspecified atom stereocenters. The molecule has 0 amide bonds. The van der Waals surface area contributed by atoms with Crippen molar-refractivity contribution in [3.05, 3.63) is 0 Å². The Kier molecular flexibility index (Phi) is 6.28. The fourth-order valence-electron chi connectivity index (χ4n) is 0.983. The average molecular weight is 264 g/mol. The van der Waals surface area contributed by atoms with Gasteiger partial charge in [0.1, 0.15) is 0 Å². The molecule has 0 atom stereocenters. The Hall–Kier alpha value is -0.330. The Morgan fingerprint density at radius 3 is 2.06 bits per heavy atom. The van der Waals surface area contributed by atoms with Gasteiger partial charge in [0.15, 0.2) is 5.12 Å². The summed E-state index contributed by atoms with van der Waals surface area (Å²) in [5.74, 6) is -4.13. The lowest BCUT2D eigenvalue weighted by molar-refractivity contribution is -0.284. The predicted octanol–water partition coefficient (Wildman–Crippen LogP) is 4.02. The molecular formula is C9H13F5OS. The summed E-state index contributed by atoms with van der Waals surface area (Å²) in [5, 5.41) is -0.0828. The van der Waals surface area contributed by atoms with E-state index in [4.69, 9.17) is 0 Å². The van der Waals surface area contributed by atoms with Crippen molar-refractivity contribution < 1.29 is 26.7 Å². The quantitative estimate of drug-likeness (QED) is 0.532. The van der Waals surface area contributed by atoms with Gasteiger partial charge in [0.05, 0.1) is 0 Å². The van der Waals surface area contributed by atoms with Gasteiger partial charge in [-0.1, -0.05) is 18.2 Å². The van der Waals surface area contributed by atoms with Crippen LogP contribution in [0.1, 0.15) is 32.6 Å². The van der Waals surface area contributed by atoms with Gasteiger partial charge in [-0.15, -0.1) is 0 Å². The smallest absolute Gasteiger partial charge is 0.288 e. The summed E-state index contributed by atoms with van der Waals surface area (Å²) in [4.78, 5) is 10.5. The number of unbranched alkanes of at least 4 members (excludes halogenated alkanes) is 2. The minimum Gasteiger partial charge on any atom is -0.288 e. The van der Waals surface area contributed by atoms with E-state index in [0.29, 0.717) is 12.2 Å². The van der Waals surface area contributed by atoms with E-state index >= 15 is 0 Å². The minimum atomic E-state index is -5.46. The first-order valence-corrected chi connectivity index (χ1v) is 5.73. The summed E-state index contributed by atoms with van der Waals surface area (Å²) in [7, 11) is 0. The molecule has 0 fully saturated rings. The first-order valence-electron chi connectivity index (χ1n) is 4.75. The third-order valence-electron chi connectivity index (χ3n) is 1.86. The SMILES string of the molecule is CC(=O)SCCCCCC(F)(F)C(F)(F)F. The van der Waals surface area contributed by atoms with Crippen LogP contribution in [0.4, 0.5) is 22.0 Å². The van der Waals surface area contributed by atoms with E-state index in [1.54, 1.807) is 0 Å². The molecule has 0 radical (unpaired) electrons. The van der Waals surface area contributed by atoms with Crippen molar-refractivity contribution in [1.82, 2.24) is 0 Å². The lowest BCUT2D eigenvalue weighted by atomic mass is 10.1. The second-order valence-electron chi connectivity index (χ2n) is 3.35. The monoisotopic (exact) mass is 264 g/mol. The summed E-state index contributed by atoms with van der Waals surface area (Å²) >= 11 is 1.05. The highest BCUT2D eigenvalue weighted by Crippen LogP contribution is 2.39. The van der Waals surface area contributed by atoms with Crippen LogP contribution in [0.25, 0.3) is 0 Å². The predicted molar refractivity (Wildman–Crippen MR) is 52.6 cm³/mol. The van der Waals surface area contributed by atoms with Crippen molar-refractivity contribution >= 4 is 16.9 Å². The van der Waals surface area contributed by atoms with Crippen LogP contribution in [0, 0.1) is 0 Å². The number of hydrogen-bond donors (Lipinski definition) is 0. The summed E-state index contributed by atoms with van der Waals surface area (Å²) in [6.07, 6.45) is -6.09. The number of halogens is 5. The van der Waals surface area contributed by atoms with Crippen molar-refractivity contribution in [2.24, 2.45) is 0 Å². The van der Waals surface area contributed by atoms with Crippen LogP contribution in [0.5, 0.6) is 0 Å². The molecule has 7 heteroatoms. The molecule has 0 heterocycles. The van der Waals surface area contributed by atoms with Crippen LogP contribution in [0.3, 0.4) is 0 Å². The van der Waals surface area contributed by atoms with Gasteiger partial charge in [-0.2, -0.15) is 22.0 Å². The molecule has 0 aliphatic rings. The maximum absolute atomic E-state index is 12.4. The molecule has 0 saturated carbocycles. The van der Waals surface area contributed by atoms with E-state index in [1.165, 1.54) is 6.92 Å². The fraction of sp³-hybridized carbons (Fsp3) is 0.889. The van der Waals surface area contributed by atoms with E-state index in [9.17, 15) is 26.7 Å². The van der Waals surface area contributed by atoms with Crippen molar-refractivity contribution in [3.8, 4) is 0 Å². The number of hydrogen-bond acceptors (Lipinski definition) is 2. The zero-order valence-corrected chi connectivity index (χ0v) is 9.56. The average Bonchev–Trinajstić information content (AvgIpc) is 2.08. The highest BCUT2D eigenvalue weighted by atomic mass is 32.2. The van der Waals surface area contributed by atoms with Crippen LogP contribution in [0.2, 0.25) is 0 Å². The second-order valence-corrected chi connectivity index (χ2v) is 4.62. The van der Waals surface area contributed by atoms with E-state index < -0.39 is 18.5 Å². The maximum Gasteiger partial charge on any atom is 0.453 e. The first kappa shape index (κ1) is 15.7.